The van der Waals surface area contributed by atoms with Crippen molar-refractivity contribution >= 4 is 6.21 Å². The Morgan fingerprint density at radius 1 is 1.14 bits per heavy atom. The first-order valence-corrected chi connectivity index (χ1v) is 2.32. The fourth-order valence-corrected chi connectivity index (χ4v) is 0.436. The average molecular weight is 93.1 g/mol. The molecule has 35 valence electrons. The highest BCUT2D eigenvalue weighted by atomic mass is 14.7. The molecule has 1 radical (unpaired) electrons. The molecule has 0 N–H and O–H groups in total. The number of aliphatic imine (C=N–C) groups is 1. The topological polar surface area (TPSA) is 14.1 Å². The van der Waals surface area contributed by atoms with Crippen molar-refractivity contribution in [3.8, 4) is 0 Å². The lowest BCUT2D eigenvalue weighted by atomic mass is 10.5. The highest BCUT2D eigenvalue weighted by Crippen LogP contribution is 1.75. The van der Waals surface area contributed by atoms with Crippen molar-refractivity contribution in [1.82, 2.24) is 4.99 Å². The van der Waals surface area contributed by atoms with Crippen LogP contribution in [0.5, 0.6) is 0 Å². The van der Waals surface area contributed by atoms with Crippen LogP contribution in [0.1, 0.15) is 0 Å². The van der Waals surface area contributed by atoms with Crippen LogP contribution >= 0.6 is 0 Å². The van der Waals surface area contributed by atoms with Gasteiger partial charge in [-0.05, 0) is 6.08 Å². The molecule has 1 aliphatic heterocycles. The van der Waals surface area contributed by atoms with Gasteiger partial charge in [-0.2, -0.15) is 0 Å². The number of rotatable bonds is 0. The standard InChI is InChI=1S/C6H7N/c1-2-4-6-7-5-3-1/h1-5H,6H2/q+1. The van der Waals surface area contributed by atoms with Gasteiger partial charge in [0.25, 0.3) is 0 Å². The lowest BCUT2D eigenvalue weighted by Crippen LogP contribution is -1.86. The second-order valence-electron chi connectivity index (χ2n) is 1.33. The van der Waals surface area contributed by atoms with Gasteiger partial charge in [-0.25, -0.2) is 0 Å². The van der Waals surface area contributed by atoms with E-state index in [1.54, 1.807) is 6.21 Å². The summed E-state index contributed by atoms with van der Waals surface area (Å²) in [4.78, 5) is 3.97. The van der Waals surface area contributed by atoms with Crippen LogP contribution in [0.25, 0.3) is 0 Å². The molecule has 1 heteroatoms. The number of nitrogens with zero attached hydrogens (tertiary/aromatic N) is 1. The largest absolute Gasteiger partial charge is 0.235 e. The lowest BCUT2D eigenvalue weighted by Gasteiger charge is -1.58. The maximum absolute atomic E-state index is 3.97. The molecule has 0 aromatic heterocycles. The van der Waals surface area contributed by atoms with Crippen LogP contribution < -0.4 is 4.99 Å². The summed E-state index contributed by atoms with van der Waals surface area (Å²) in [6.45, 7) is 0.826. The predicted octanol–water partition coefficient (Wildman–Crippen LogP) is 0.519. The summed E-state index contributed by atoms with van der Waals surface area (Å²) in [7, 11) is 0. The van der Waals surface area contributed by atoms with Gasteiger partial charge in [-0.15, -0.1) is 0 Å². The van der Waals surface area contributed by atoms with Gasteiger partial charge in [0.1, 0.15) is 0 Å². The molecule has 1 heterocycles. The Bertz CT molecular complexity index is 106. The lowest BCUT2D eigenvalue weighted by molar-refractivity contribution is 1.13. The summed E-state index contributed by atoms with van der Waals surface area (Å²) in [6, 6.07) is 0. The summed E-state index contributed by atoms with van der Waals surface area (Å²) >= 11 is 0. The number of hydrogen-bond acceptors (Lipinski definition) is 1. The third kappa shape index (κ3) is 1.35. The molecule has 0 amide bonds. The third-order valence-electron chi connectivity index (χ3n) is 0.761. The second-order valence-corrected chi connectivity index (χ2v) is 1.33. The molecule has 7 heavy (non-hydrogen) atoms. The minimum Gasteiger partial charge on any atom is -0.0596 e. The minimum atomic E-state index is 0.826. The highest BCUT2D eigenvalue weighted by Gasteiger charge is 1.84. The van der Waals surface area contributed by atoms with E-state index in [0.717, 1.165) is 6.54 Å². The van der Waals surface area contributed by atoms with Gasteiger partial charge in [-0.1, -0.05) is 12.2 Å². The van der Waals surface area contributed by atoms with Crippen LogP contribution in [0, 0.1) is 0 Å². The van der Waals surface area contributed by atoms with Crippen LogP contribution in [-0.2, 0) is 0 Å². The van der Waals surface area contributed by atoms with Crippen molar-refractivity contribution in [1.29, 1.82) is 0 Å². The average Bonchev–Trinajstić information content (AvgIpc) is 1.90. The van der Waals surface area contributed by atoms with E-state index in [0.29, 0.717) is 0 Å². The monoisotopic (exact) mass is 93.1 g/mol. The molecule has 0 aromatic carbocycles. The zero-order chi connectivity index (χ0) is 4.95. The van der Waals surface area contributed by atoms with E-state index < -0.39 is 0 Å². The zero-order valence-electron chi connectivity index (χ0n) is 4.04. The molecule has 0 unspecified atom stereocenters. The summed E-state index contributed by atoms with van der Waals surface area (Å²) in [6.07, 6.45) is 9.70. The molecule has 1 nitrogen and oxygen atoms in total. The Morgan fingerprint density at radius 2 is 2.14 bits per heavy atom. The molecule has 0 bridgehead atoms. The van der Waals surface area contributed by atoms with Gasteiger partial charge >= 0.3 is 0 Å². The first-order chi connectivity index (χ1) is 3.50. The van der Waals surface area contributed by atoms with Crippen LogP contribution in [-0.4, -0.2) is 12.8 Å². The van der Waals surface area contributed by atoms with Crippen molar-refractivity contribution < 1.29 is 0 Å². The Hall–Kier alpha value is -0.850. The van der Waals surface area contributed by atoms with Gasteiger partial charge in [-0.3, -0.25) is 0 Å². The summed E-state index contributed by atoms with van der Waals surface area (Å²) in [5.74, 6) is 0. The van der Waals surface area contributed by atoms with E-state index >= 15 is 0 Å². The Labute approximate surface area is 43.1 Å². The molecular formula is C6H7N+. The molecule has 0 aromatic rings. The Balaban J connectivity index is 2.60. The van der Waals surface area contributed by atoms with Crippen LogP contribution in [0.2, 0.25) is 0 Å². The fourth-order valence-electron chi connectivity index (χ4n) is 0.436. The van der Waals surface area contributed by atoms with Gasteiger partial charge < -0.3 is 0 Å². The smallest absolute Gasteiger partial charge is 0.0596 e. The van der Waals surface area contributed by atoms with E-state index in [4.69, 9.17) is 0 Å². The molecule has 1 aliphatic rings. The third-order valence-corrected chi connectivity index (χ3v) is 0.761. The van der Waals surface area contributed by atoms with E-state index in [1.165, 1.54) is 0 Å². The highest BCUT2D eigenvalue weighted by molar-refractivity contribution is 5.70. The summed E-state index contributed by atoms with van der Waals surface area (Å²) in [5, 5.41) is 0. The zero-order valence-corrected chi connectivity index (χ0v) is 4.04. The maximum Gasteiger partial charge on any atom is 0.235 e. The van der Waals surface area contributed by atoms with Gasteiger partial charge in [0.05, 0.1) is 0 Å². The van der Waals surface area contributed by atoms with Gasteiger partial charge in [0.15, 0.2) is 0 Å². The quantitative estimate of drug-likeness (QED) is 0.414. The summed E-state index contributed by atoms with van der Waals surface area (Å²) < 4.78 is 0. The number of allylic oxidation sites excluding steroid dienone is 3. The first-order valence-electron chi connectivity index (χ1n) is 2.32. The molecule has 0 saturated heterocycles. The van der Waals surface area contributed by atoms with Crippen molar-refractivity contribution in [2.24, 2.45) is 0 Å². The van der Waals surface area contributed by atoms with E-state index in [1.807, 2.05) is 24.3 Å². The maximum atomic E-state index is 3.97. The van der Waals surface area contributed by atoms with Crippen LogP contribution in [0.15, 0.2) is 24.3 Å². The first kappa shape index (κ1) is 4.31. The van der Waals surface area contributed by atoms with Crippen molar-refractivity contribution in [3.05, 3.63) is 24.3 Å². The molecule has 0 spiro atoms. The molecule has 0 saturated carbocycles. The van der Waals surface area contributed by atoms with E-state index in [-0.39, 0.29) is 0 Å². The van der Waals surface area contributed by atoms with Crippen LogP contribution in [0.4, 0.5) is 0 Å². The van der Waals surface area contributed by atoms with E-state index in [2.05, 4.69) is 4.99 Å². The van der Waals surface area contributed by atoms with Crippen molar-refractivity contribution in [2.75, 3.05) is 6.54 Å². The fraction of sp³-hybridized carbons (Fsp3) is 0.167. The van der Waals surface area contributed by atoms with Gasteiger partial charge in [0, 0.05) is 11.1 Å². The molecular weight excluding hydrogens is 86.1 g/mol. The SMILES string of the molecule is C1=CC=[N+]CC=C1. The Kier molecular flexibility index (Phi) is 1.44. The van der Waals surface area contributed by atoms with Crippen molar-refractivity contribution in [3.63, 3.8) is 0 Å². The molecule has 0 aliphatic carbocycles. The molecule has 0 atom stereocenters. The summed E-state index contributed by atoms with van der Waals surface area (Å²) in [5.41, 5.74) is 0. The normalized spacial score (nSPS) is 17.1. The van der Waals surface area contributed by atoms with Crippen LogP contribution in [0.3, 0.4) is 0 Å². The van der Waals surface area contributed by atoms with Gasteiger partial charge in [0.2, 0.25) is 12.8 Å². The minimum absolute atomic E-state index is 0.826. The predicted molar refractivity (Wildman–Crippen MR) is 31.3 cm³/mol. The molecule has 0 fully saturated rings. The number of hydrogen-bond donors (Lipinski definition) is 0. The van der Waals surface area contributed by atoms with Crippen molar-refractivity contribution in [2.45, 2.75) is 0 Å². The molecule has 1 rings (SSSR count). The van der Waals surface area contributed by atoms with E-state index in [9.17, 15) is 0 Å². The second kappa shape index (κ2) is 2.35. The Morgan fingerprint density at radius 3 is 3.14 bits per heavy atom.